The molecule has 0 amide bonds. The van der Waals surface area contributed by atoms with Gasteiger partial charge in [0.15, 0.2) is 11.5 Å². The van der Waals surface area contributed by atoms with Crippen LogP contribution >= 0.6 is 11.3 Å². The largest absolute Gasteiger partial charge is 0.497 e. The third-order valence-corrected chi connectivity index (χ3v) is 7.88. The van der Waals surface area contributed by atoms with Crippen molar-refractivity contribution >= 4 is 48.5 Å². The molecule has 0 bridgehead atoms. The monoisotopic (exact) mass is 465 g/mol. The fourth-order valence-corrected chi connectivity index (χ4v) is 5.52. The summed E-state index contributed by atoms with van der Waals surface area (Å²) in [4.78, 5) is 4.80. The van der Waals surface area contributed by atoms with E-state index in [0.29, 0.717) is 5.82 Å². The number of thiophene rings is 1. The summed E-state index contributed by atoms with van der Waals surface area (Å²) in [5, 5.41) is 13.1. The lowest BCUT2D eigenvalue weighted by molar-refractivity contribution is 0.415. The molecular weight excluding hydrogens is 446 g/mol. The van der Waals surface area contributed by atoms with Gasteiger partial charge in [-0.2, -0.15) is 4.52 Å². The first kappa shape index (κ1) is 20.4. The van der Waals surface area contributed by atoms with Gasteiger partial charge in [-0.25, -0.2) is 13.4 Å². The van der Waals surface area contributed by atoms with Gasteiger partial charge in [-0.15, -0.1) is 16.4 Å². The number of ether oxygens (including phenoxy) is 1. The van der Waals surface area contributed by atoms with Gasteiger partial charge in [0.25, 0.3) is 0 Å². The van der Waals surface area contributed by atoms with Crippen molar-refractivity contribution in [1.82, 2.24) is 19.8 Å². The van der Waals surface area contributed by atoms with Crippen molar-refractivity contribution in [3.8, 4) is 5.75 Å². The number of aryl methyl sites for hydroxylation is 2. The summed E-state index contributed by atoms with van der Waals surface area (Å²) in [5.74, 6) is 1.27. The molecule has 0 spiro atoms. The van der Waals surface area contributed by atoms with Crippen molar-refractivity contribution in [3.63, 3.8) is 0 Å². The first-order valence-corrected chi connectivity index (χ1v) is 12.1. The smallest absolute Gasteiger partial charge is 0.229 e. The van der Waals surface area contributed by atoms with Gasteiger partial charge in [0.1, 0.15) is 5.75 Å². The third-order valence-electron chi connectivity index (χ3n) is 5.32. The Hall–Kier alpha value is -3.50. The van der Waals surface area contributed by atoms with Crippen LogP contribution in [0.4, 0.5) is 11.5 Å². The van der Waals surface area contributed by atoms with Gasteiger partial charge >= 0.3 is 0 Å². The normalized spacial score (nSPS) is 11.8. The highest BCUT2D eigenvalue weighted by Crippen LogP contribution is 2.33. The number of nitrogens with one attached hydrogen (secondary N) is 1. The Kier molecular flexibility index (Phi) is 4.83. The molecule has 3 heterocycles. The van der Waals surface area contributed by atoms with E-state index in [1.165, 1.54) is 15.9 Å². The Labute approximate surface area is 188 Å². The molecule has 5 aromatic rings. The van der Waals surface area contributed by atoms with Crippen LogP contribution in [0.3, 0.4) is 0 Å². The Morgan fingerprint density at radius 1 is 1.03 bits per heavy atom. The quantitative estimate of drug-likeness (QED) is 0.407. The number of fused-ring (bicyclic) bond motifs is 3. The summed E-state index contributed by atoms with van der Waals surface area (Å²) in [7, 11) is -2.30. The lowest BCUT2D eigenvalue weighted by Gasteiger charge is -2.09. The molecule has 8 nitrogen and oxygen atoms in total. The molecular formula is C22H19N5O3S2. The van der Waals surface area contributed by atoms with Crippen LogP contribution in [0.25, 0.3) is 15.9 Å². The second kappa shape index (κ2) is 7.57. The molecule has 0 saturated heterocycles. The predicted molar refractivity (Wildman–Crippen MR) is 124 cm³/mol. The average Bonchev–Trinajstić information content (AvgIpc) is 3.43. The fourth-order valence-electron chi connectivity index (χ4n) is 3.39. The van der Waals surface area contributed by atoms with E-state index in [0.717, 1.165) is 32.8 Å². The van der Waals surface area contributed by atoms with Crippen molar-refractivity contribution in [1.29, 1.82) is 0 Å². The number of anilines is 2. The fraction of sp³-hybridized carbons (Fsp3) is 0.136. The summed E-state index contributed by atoms with van der Waals surface area (Å²) in [6, 6.07) is 14.3. The first-order chi connectivity index (χ1) is 15.4. The second-order valence-corrected chi connectivity index (χ2v) is 10.1. The Morgan fingerprint density at radius 3 is 2.53 bits per heavy atom. The van der Waals surface area contributed by atoms with Crippen LogP contribution in [-0.4, -0.2) is 35.3 Å². The highest BCUT2D eigenvalue weighted by molar-refractivity contribution is 7.91. The zero-order valence-corrected chi connectivity index (χ0v) is 19.2. The van der Waals surface area contributed by atoms with E-state index < -0.39 is 9.84 Å². The molecule has 162 valence electrons. The van der Waals surface area contributed by atoms with Crippen molar-refractivity contribution in [2.24, 2.45) is 0 Å². The molecule has 0 saturated carbocycles. The number of rotatable bonds is 5. The van der Waals surface area contributed by atoms with Crippen LogP contribution in [0.5, 0.6) is 5.75 Å². The lowest BCUT2D eigenvalue weighted by Crippen LogP contribution is -2.06. The van der Waals surface area contributed by atoms with Gasteiger partial charge in [-0.05, 0) is 72.8 Å². The molecule has 0 unspecified atom stereocenters. The number of methoxy groups -OCH3 is 1. The zero-order valence-electron chi connectivity index (χ0n) is 17.5. The van der Waals surface area contributed by atoms with E-state index in [4.69, 9.17) is 4.74 Å². The minimum absolute atomic E-state index is 0.167. The Bertz CT molecular complexity index is 1570. The minimum atomic E-state index is -3.91. The number of nitrogens with zero attached hydrogens (tertiary/aromatic N) is 4. The van der Waals surface area contributed by atoms with E-state index >= 15 is 0 Å². The van der Waals surface area contributed by atoms with E-state index in [2.05, 4.69) is 20.6 Å². The zero-order chi connectivity index (χ0) is 22.5. The number of aromatic nitrogens is 4. The molecule has 0 fully saturated rings. The molecule has 3 aromatic heterocycles. The maximum atomic E-state index is 13.4. The Morgan fingerprint density at radius 2 is 1.81 bits per heavy atom. The number of hydrogen-bond acceptors (Lipinski definition) is 8. The first-order valence-electron chi connectivity index (χ1n) is 9.74. The third kappa shape index (κ3) is 3.28. The van der Waals surface area contributed by atoms with Gasteiger partial charge in [0.2, 0.25) is 14.9 Å². The molecule has 0 aliphatic carbocycles. The predicted octanol–water partition coefficient (Wildman–Crippen LogP) is 4.54. The molecule has 0 aliphatic rings. The van der Waals surface area contributed by atoms with Crippen molar-refractivity contribution < 1.29 is 13.2 Å². The second-order valence-electron chi connectivity index (χ2n) is 7.33. The molecule has 2 aromatic carbocycles. The highest BCUT2D eigenvalue weighted by atomic mass is 32.2. The van der Waals surface area contributed by atoms with Crippen LogP contribution in [0.15, 0.2) is 63.8 Å². The van der Waals surface area contributed by atoms with Crippen molar-refractivity contribution in [2.45, 2.75) is 23.8 Å². The van der Waals surface area contributed by atoms with Crippen LogP contribution < -0.4 is 10.1 Å². The average molecular weight is 466 g/mol. The van der Waals surface area contributed by atoms with Gasteiger partial charge < -0.3 is 10.1 Å². The maximum absolute atomic E-state index is 13.4. The van der Waals surface area contributed by atoms with Crippen molar-refractivity contribution in [3.05, 3.63) is 65.0 Å². The number of sulfone groups is 1. The summed E-state index contributed by atoms with van der Waals surface area (Å²) in [6.45, 7) is 3.81. The molecule has 10 heteroatoms. The lowest BCUT2D eigenvalue weighted by atomic mass is 10.1. The van der Waals surface area contributed by atoms with Crippen LogP contribution in [0, 0.1) is 13.8 Å². The molecule has 0 radical (unpaired) electrons. The van der Waals surface area contributed by atoms with Gasteiger partial charge in [-0.1, -0.05) is 11.3 Å². The Balaban J connectivity index is 1.67. The topological polar surface area (TPSA) is 98.5 Å². The van der Waals surface area contributed by atoms with E-state index in [-0.39, 0.29) is 15.6 Å². The summed E-state index contributed by atoms with van der Waals surface area (Å²) >= 11 is 1.48. The van der Waals surface area contributed by atoms with Crippen LogP contribution in [0.2, 0.25) is 0 Å². The van der Waals surface area contributed by atoms with Crippen LogP contribution in [-0.2, 0) is 9.84 Å². The molecule has 0 atom stereocenters. The summed E-state index contributed by atoms with van der Waals surface area (Å²) < 4.78 is 34.3. The molecule has 1 N–H and O–H groups in total. The minimum Gasteiger partial charge on any atom is -0.497 e. The van der Waals surface area contributed by atoms with E-state index in [1.807, 2.05) is 49.6 Å². The molecule has 0 aliphatic heterocycles. The molecule has 32 heavy (non-hydrogen) atoms. The summed E-state index contributed by atoms with van der Waals surface area (Å²) in [6.07, 6.45) is 0. The van der Waals surface area contributed by atoms with Gasteiger partial charge in [-0.3, -0.25) is 0 Å². The standard InChI is InChI=1S/C22H19N5O3S2/c1-13-4-9-17(12-14(13)2)32(28,29)22-21-24-20(23-15-5-7-16(30-3)8-6-15)19-18(10-11-31-19)27(21)26-25-22/h4-12H,1-3H3,(H,23,24). The van der Waals surface area contributed by atoms with Crippen molar-refractivity contribution in [2.75, 3.05) is 12.4 Å². The summed E-state index contributed by atoms with van der Waals surface area (Å²) in [5.41, 5.74) is 3.59. The molecule has 5 rings (SSSR count). The highest BCUT2D eigenvalue weighted by Gasteiger charge is 2.27. The van der Waals surface area contributed by atoms with E-state index in [9.17, 15) is 8.42 Å². The van der Waals surface area contributed by atoms with Gasteiger partial charge in [0.05, 0.1) is 22.2 Å². The van der Waals surface area contributed by atoms with Gasteiger partial charge in [0, 0.05) is 5.69 Å². The maximum Gasteiger partial charge on any atom is 0.229 e. The van der Waals surface area contributed by atoms with E-state index in [1.54, 1.807) is 25.3 Å². The number of benzene rings is 2. The number of hydrogen-bond donors (Lipinski definition) is 1. The SMILES string of the molecule is COc1ccc(Nc2nc3c(S(=O)(=O)c4ccc(C)c(C)c4)nnn3c3ccsc23)cc1. The van der Waals surface area contributed by atoms with Crippen LogP contribution in [0.1, 0.15) is 11.1 Å².